The van der Waals surface area contributed by atoms with Crippen LogP contribution in [0, 0.1) is 12.8 Å². The molecule has 0 aliphatic rings. The Labute approximate surface area is 139 Å². The molecule has 24 heavy (non-hydrogen) atoms. The molecule has 7 heteroatoms. The van der Waals surface area contributed by atoms with Crippen LogP contribution in [-0.4, -0.2) is 21.2 Å². The Bertz CT molecular complexity index is 823. The minimum Gasteiger partial charge on any atom is -0.355 e. The molecule has 0 bridgehead atoms. The maximum atomic E-state index is 12.5. The van der Waals surface area contributed by atoms with Gasteiger partial charge in [0.2, 0.25) is 5.89 Å². The maximum Gasteiger partial charge on any atom is 0.274 e. The van der Waals surface area contributed by atoms with Gasteiger partial charge in [0.15, 0.2) is 17.3 Å². The molecule has 0 aliphatic heterocycles. The van der Waals surface area contributed by atoms with Gasteiger partial charge in [-0.2, -0.15) is 4.98 Å². The molecule has 1 N–H and O–H groups in total. The molecule has 1 atom stereocenters. The van der Waals surface area contributed by atoms with Crippen molar-refractivity contribution in [3.05, 3.63) is 53.8 Å². The van der Waals surface area contributed by atoms with Gasteiger partial charge >= 0.3 is 0 Å². The lowest BCUT2D eigenvalue weighted by molar-refractivity contribution is 0.0904. The molecule has 124 valence electrons. The van der Waals surface area contributed by atoms with Crippen molar-refractivity contribution in [3.8, 4) is 11.3 Å². The Morgan fingerprint density at radius 3 is 2.50 bits per heavy atom. The molecular weight excluding hydrogens is 308 g/mol. The van der Waals surface area contributed by atoms with E-state index in [-0.39, 0.29) is 17.5 Å². The van der Waals surface area contributed by atoms with Crippen LogP contribution in [0.4, 0.5) is 0 Å². The summed E-state index contributed by atoms with van der Waals surface area (Å²) < 4.78 is 10.4. The van der Waals surface area contributed by atoms with Crippen molar-refractivity contribution in [1.29, 1.82) is 0 Å². The van der Waals surface area contributed by atoms with Gasteiger partial charge in [-0.25, -0.2) is 0 Å². The van der Waals surface area contributed by atoms with E-state index in [1.807, 2.05) is 44.2 Å². The first-order valence-electron chi connectivity index (χ1n) is 7.68. The molecular formula is C17H18N4O3. The third kappa shape index (κ3) is 3.34. The number of hydrogen-bond acceptors (Lipinski definition) is 6. The number of rotatable bonds is 5. The molecule has 1 amide bonds. The molecule has 0 saturated carbocycles. The van der Waals surface area contributed by atoms with Crippen molar-refractivity contribution in [1.82, 2.24) is 20.6 Å². The van der Waals surface area contributed by atoms with Crippen LogP contribution >= 0.6 is 0 Å². The van der Waals surface area contributed by atoms with Gasteiger partial charge in [0, 0.05) is 11.6 Å². The third-order valence-corrected chi connectivity index (χ3v) is 3.56. The average molecular weight is 326 g/mol. The van der Waals surface area contributed by atoms with Crippen molar-refractivity contribution < 1.29 is 13.8 Å². The number of nitrogens with zero attached hydrogens (tertiary/aromatic N) is 3. The summed E-state index contributed by atoms with van der Waals surface area (Å²) in [6, 6.07) is 10.7. The van der Waals surface area contributed by atoms with Crippen LogP contribution in [0.3, 0.4) is 0 Å². The van der Waals surface area contributed by atoms with Crippen LogP contribution in [0.5, 0.6) is 0 Å². The number of aromatic nitrogens is 3. The number of benzene rings is 1. The van der Waals surface area contributed by atoms with E-state index in [4.69, 9.17) is 9.05 Å². The number of aryl methyl sites for hydroxylation is 1. The van der Waals surface area contributed by atoms with Gasteiger partial charge in [-0.3, -0.25) is 4.79 Å². The van der Waals surface area contributed by atoms with Crippen LogP contribution in [0.1, 0.15) is 42.1 Å². The second-order valence-corrected chi connectivity index (χ2v) is 5.82. The lowest BCUT2D eigenvalue weighted by Crippen LogP contribution is -2.32. The van der Waals surface area contributed by atoms with Gasteiger partial charge < -0.3 is 14.4 Å². The first-order valence-corrected chi connectivity index (χ1v) is 7.68. The predicted molar refractivity (Wildman–Crippen MR) is 86.0 cm³/mol. The predicted octanol–water partition coefficient (Wildman–Crippen LogP) is 3.16. The smallest absolute Gasteiger partial charge is 0.274 e. The molecule has 3 rings (SSSR count). The average Bonchev–Trinajstić information content (AvgIpc) is 3.22. The zero-order valence-electron chi connectivity index (χ0n) is 13.7. The normalized spacial score (nSPS) is 12.3. The van der Waals surface area contributed by atoms with Crippen molar-refractivity contribution in [3.63, 3.8) is 0 Å². The van der Waals surface area contributed by atoms with Crippen LogP contribution < -0.4 is 5.32 Å². The molecule has 7 nitrogen and oxygen atoms in total. The number of hydrogen-bond donors (Lipinski definition) is 1. The summed E-state index contributed by atoms with van der Waals surface area (Å²) in [7, 11) is 0. The Kier molecular flexibility index (Phi) is 4.41. The fourth-order valence-corrected chi connectivity index (χ4v) is 2.29. The van der Waals surface area contributed by atoms with E-state index < -0.39 is 6.04 Å². The number of carbonyl (C=O) groups excluding carboxylic acids is 1. The molecule has 0 fully saturated rings. The van der Waals surface area contributed by atoms with Crippen LogP contribution in [0.2, 0.25) is 0 Å². The van der Waals surface area contributed by atoms with Gasteiger partial charge in [-0.15, -0.1) is 0 Å². The van der Waals surface area contributed by atoms with E-state index in [0.29, 0.717) is 17.5 Å². The molecule has 3 aromatic rings. The summed E-state index contributed by atoms with van der Waals surface area (Å²) in [5.74, 6) is 1.17. The van der Waals surface area contributed by atoms with E-state index in [0.717, 1.165) is 5.56 Å². The minimum atomic E-state index is -0.393. The van der Waals surface area contributed by atoms with E-state index in [1.165, 1.54) is 0 Å². The van der Waals surface area contributed by atoms with Crippen molar-refractivity contribution in [2.75, 3.05) is 0 Å². The monoisotopic (exact) mass is 326 g/mol. The SMILES string of the molecule is Cc1noc(C(NC(=O)c2cc(-c3ccccc3)on2)C(C)C)n1. The van der Waals surface area contributed by atoms with Gasteiger partial charge in [-0.05, 0) is 12.8 Å². The summed E-state index contributed by atoms with van der Waals surface area (Å²) in [4.78, 5) is 16.7. The fourth-order valence-electron chi connectivity index (χ4n) is 2.29. The van der Waals surface area contributed by atoms with E-state index in [1.54, 1.807) is 13.0 Å². The lowest BCUT2D eigenvalue weighted by Gasteiger charge is -2.17. The summed E-state index contributed by atoms with van der Waals surface area (Å²) in [6.07, 6.45) is 0. The topological polar surface area (TPSA) is 94.1 Å². The van der Waals surface area contributed by atoms with Crippen molar-refractivity contribution >= 4 is 5.91 Å². The summed E-state index contributed by atoms with van der Waals surface area (Å²) in [5, 5.41) is 10.5. The van der Waals surface area contributed by atoms with Crippen LogP contribution in [0.15, 0.2) is 45.4 Å². The van der Waals surface area contributed by atoms with Crippen LogP contribution in [0.25, 0.3) is 11.3 Å². The highest BCUT2D eigenvalue weighted by molar-refractivity contribution is 5.93. The second kappa shape index (κ2) is 6.66. The van der Waals surface area contributed by atoms with Gasteiger partial charge in [0.05, 0.1) is 0 Å². The van der Waals surface area contributed by atoms with Crippen molar-refractivity contribution in [2.24, 2.45) is 5.92 Å². The van der Waals surface area contributed by atoms with E-state index in [2.05, 4.69) is 20.6 Å². The Balaban J connectivity index is 1.78. The second-order valence-electron chi connectivity index (χ2n) is 5.82. The zero-order chi connectivity index (χ0) is 17.1. The van der Waals surface area contributed by atoms with Gasteiger partial charge in [-0.1, -0.05) is 54.5 Å². The van der Waals surface area contributed by atoms with E-state index in [9.17, 15) is 4.79 Å². The molecule has 0 aliphatic carbocycles. The van der Waals surface area contributed by atoms with Crippen molar-refractivity contribution in [2.45, 2.75) is 26.8 Å². The lowest BCUT2D eigenvalue weighted by atomic mass is 10.0. The largest absolute Gasteiger partial charge is 0.355 e. The fraction of sp³-hybridized carbons (Fsp3) is 0.294. The van der Waals surface area contributed by atoms with Crippen LogP contribution in [-0.2, 0) is 0 Å². The van der Waals surface area contributed by atoms with E-state index >= 15 is 0 Å². The Morgan fingerprint density at radius 2 is 1.88 bits per heavy atom. The molecule has 0 spiro atoms. The molecule has 1 aromatic carbocycles. The molecule has 2 heterocycles. The highest BCUT2D eigenvalue weighted by atomic mass is 16.5. The molecule has 0 radical (unpaired) electrons. The first-order chi connectivity index (χ1) is 11.5. The Morgan fingerprint density at radius 1 is 1.12 bits per heavy atom. The highest BCUT2D eigenvalue weighted by Crippen LogP contribution is 2.22. The quantitative estimate of drug-likeness (QED) is 0.774. The maximum absolute atomic E-state index is 12.5. The standard InChI is InChI=1S/C17H18N4O3/c1-10(2)15(17-18-11(3)20-24-17)19-16(22)13-9-14(23-21-13)12-7-5-4-6-8-12/h4-10,15H,1-3H3,(H,19,22). The number of nitrogens with one attached hydrogen (secondary N) is 1. The molecule has 2 aromatic heterocycles. The first kappa shape index (κ1) is 15.9. The zero-order valence-corrected chi connectivity index (χ0v) is 13.7. The number of amides is 1. The summed E-state index contributed by atoms with van der Waals surface area (Å²) >= 11 is 0. The van der Waals surface area contributed by atoms with Gasteiger partial charge in [0.25, 0.3) is 5.91 Å². The Hall–Kier alpha value is -2.96. The van der Waals surface area contributed by atoms with Gasteiger partial charge in [0.1, 0.15) is 6.04 Å². The minimum absolute atomic E-state index is 0.0781. The molecule has 0 saturated heterocycles. The number of carbonyl (C=O) groups is 1. The highest BCUT2D eigenvalue weighted by Gasteiger charge is 2.26. The third-order valence-electron chi connectivity index (χ3n) is 3.56. The summed E-state index contributed by atoms with van der Waals surface area (Å²) in [5.41, 5.74) is 1.06. The summed E-state index contributed by atoms with van der Waals surface area (Å²) in [6.45, 7) is 5.65. The molecule has 1 unspecified atom stereocenters.